The Morgan fingerprint density at radius 2 is 2.00 bits per heavy atom. The largest absolute Gasteiger partial charge is 0.489 e. The number of allylic oxidation sites excluding steroid dienone is 4. The van der Waals surface area contributed by atoms with Gasteiger partial charge < -0.3 is 14.3 Å². The molecule has 1 aliphatic rings. The predicted octanol–water partition coefficient (Wildman–Crippen LogP) is 3.78. The van der Waals surface area contributed by atoms with E-state index in [-0.39, 0.29) is 18.2 Å². The fraction of sp³-hybridized carbons (Fsp3) is 0.158. The zero-order valence-corrected chi connectivity index (χ0v) is 13.1. The van der Waals surface area contributed by atoms with Crippen molar-refractivity contribution >= 4 is 17.3 Å². The molecule has 0 bridgehead atoms. The number of hydrogen-bond donors (Lipinski definition) is 1. The first-order chi connectivity index (χ1) is 11.5. The Bertz CT molecular complexity index is 837. The van der Waals surface area contributed by atoms with Gasteiger partial charge >= 0.3 is 5.97 Å². The first-order valence-electron chi connectivity index (χ1n) is 7.50. The maximum atomic E-state index is 11.2. The molecule has 1 N–H and O–H groups in total. The van der Waals surface area contributed by atoms with Gasteiger partial charge in [-0.2, -0.15) is 0 Å². The van der Waals surface area contributed by atoms with Crippen LogP contribution in [0.1, 0.15) is 33.9 Å². The van der Waals surface area contributed by atoms with Crippen molar-refractivity contribution in [2.24, 2.45) is 0 Å². The monoisotopic (exact) mass is 324 g/mol. The van der Waals surface area contributed by atoms with Gasteiger partial charge in [-0.25, -0.2) is 4.79 Å². The van der Waals surface area contributed by atoms with Gasteiger partial charge in [0.2, 0.25) is 5.76 Å². The first kappa shape index (κ1) is 15.8. The molecular weight excluding hydrogens is 308 g/mol. The molecule has 0 spiro atoms. The molecule has 5 nitrogen and oxygen atoms in total. The van der Waals surface area contributed by atoms with Crippen LogP contribution in [0, 0.1) is 6.92 Å². The fourth-order valence-corrected chi connectivity index (χ4v) is 2.42. The van der Waals surface area contributed by atoms with Gasteiger partial charge in [-0.15, -0.1) is 0 Å². The molecule has 0 fully saturated rings. The van der Waals surface area contributed by atoms with Gasteiger partial charge in [-0.1, -0.05) is 24.3 Å². The number of aryl methyl sites for hydroxylation is 1. The highest BCUT2D eigenvalue weighted by atomic mass is 16.5. The van der Waals surface area contributed by atoms with E-state index in [0.29, 0.717) is 23.5 Å². The molecule has 0 radical (unpaired) electrons. The van der Waals surface area contributed by atoms with E-state index in [0.717, 1.165) is 11.1 Å². The molecule has 0 saturated carbocycles. The third-order valence-electron chi connectivity index (χ3n) is 3.79. The summed E-state index contributed by atoms with van der Waals surface area (Å²) >= 11 is 0. The summed E-state index contributed by atoms with van der Waals surface area (Å²) in [6.07, 6.45) is 5.72. The molecule has 1 aromatic heterocycles. The Balaban J connectivity index is 1.66. The van der Waals surface area contributed by atoms with E-state index in [4.69, 9.17) is 14.3 Å². The average molecular weight is 324 g/mol. The zero-order chi connectivity index (χ0) is 17.1. The number of aromatic carboxylic acids is 1. The number of benzene rings is 1. The van der Waals surface area contributed by atoms with Crippen LogP contribution in [0.15, 0.2) is 53.0 Å². The number of carbonyl (C=O) groups excluding carboxylic acids is 1. The lowest BCUT2D eigenvalue weighted by Crippen LogP contribution is -1.97. The van der Waals surface area contributed by atoms with Gasteiger partial charge in [0.15, 0.2) is 5.78 Å². The van der Waals surface area contributed by atoms with Crippen LogP contribution in [-0.4, -0.2) is 16.9 Å². The number of furan rings is 1. The van der Waals surface area contributed by atoms with E-state index < -0.39 is 5.97 Å². The van der Waals surface area contributed by atoms with Crippen molar-refractivity contribution in [2.75, 3.05) is 0 Å². The lowest BCUT2D eigenvalue weighted by molar-refractivity contribution is -0.113. The SMILES string of the molecule is Cc1oc(C(=O)O)cc1COc1ccc(C2=CCC(=O)C=C2)cc1. The third kappa shape index (κ3) is 3.46. The van der Waals surface area contributed by atoms with E-state index in [1.165, 1.54) is 6.07 Å². The molecule has 122 valence electrons. The normalized spacial score (nSPS) is 13.7. The quantitative estimate of drug-likeness (QED) is 0.905. The molecule has 24 heavy (non-hydrogen) atoms. The highest BCUT2D eigenvalue weighted by molar-refractivity contribution is 5.97. The van der Waals surface area contributed by atoms with E-state index >= 15 is 0 Å². The molecule has 1 heterocycles. The number of carboxylic acid groups (broad SMARTS) is 1. The van der Waals surface area contributed by atoms with Crippen molar-refractivity contribution in [3.05, 3.63) is 71.2 Å². The van der Waals surface area contributed by atoms with E-state index in [1.807, 2.05) is 36.4 Å². The van der Waals surface area contributed by atoms with Crippen LogP contribution >= 0.6 is 0 Å². The van der Waals surface area contributed by atoms with Gasteiger partial charge in [0.1, 0.15) is 18.1 Å². The highest BCUT2D eigenvalue weighted by Crippen LogP contribution is 2.24. The zero-order valence-electron chi connectivity index (χ0n) is 13.1. The Hall–Kier alpha value is -3.08. The summed E-state index contributed by atoms with van der Waals surface area (Å²) in [5, 5.41) is 8.91. The Morgan fingerprint density at radius 3 is 2.58 bits per heavy atom. The van der Waals surface area contributed by atoms with Crippen molar-refractivity contribution < 1.29 is 23.8 Å². The summed E-state index contributed by atoms with van der Waals surface area (Å²) in [7, 11) is 0. The van der Waals surface area contributed by atoms with Crippen LogP contribution in [0.4, 0.5) is 0 Å². The summed E-state index contributed by atoms with van der Waals surface area (Å²) in [5.74, 6) is 0.127. The van der Waals surface area contributed by atoms with Crippen LogP contribution in [0.25, 0.3) is 5.57 Å². The van der Waals surface area contributed by atoms with Crippen LogP contribution in [0.2, 0.25) is 0 Å². The topological polar surface area (TPSA) is 76.7 Å². The molecule has 2 aromatic rings. The summed E-state index contributed by atoms with van der Waals surface area (Å²) in [6.45, 7) is 1.94. The van der Waals surface area contributed by atoms with E-state index in [2.05, 4.69) is 0 Å². The predicted molar refractivity (Wildman–Crippen MR) is 87.9 cm³/mol. The van der Waals surface area contributed by atoms with Gasteiger partial charge in [0.05, 0.1) is 0 Å². The standard InChI is InChI=1S/C19H16O5/c1-12-15(10-18(24-12)19(21)22)11-23-17-8-4-14(5-9-17)13-2-6-16(20)7-3-13/h2-6,8-10H,7,11H2,1H3,(H,21,22). The maximum Gasteiger partial charge on any atom is 0.371 e. The summed E-state index contributed by atoms with van der Waals surface area (Å²) < 4.78 is 10.8. The lowest BCUT2D eigenvalue weighted by Gasteiger charge is -2.09. The minimum absolute atomic E-state index is 0.0907. The summed E-state index contributed by atoms with van der Waals surface area (Å²) in [6, 6.07) is 9.00. The van der Waals surface area contributed by atoms with Gasteiger partial charge in [-0.3, -0.25) is 4.79 Å². The summed E-state index contributed by atoms with van der Waals surface area (Å²) in [4.78, 5) is 22.1. The molecule has 5 heteroatoms. The van der Waals surface area contributed by atoms with Crippen LogP contribution in [-0.2, 0) is 11.4 Å². The minimum Gasteiger partial charge on any atom is -0.489 e. The fourth-order valence-electron chi connectivity index (χ4n) is 2.42. The summed E-state index contributed by atoms with van der Waals surface area (Å²) in [5.41, 5.74) is 2.73. The number of carboxylic acids is 1. The number of ketones is 1. The van der Waals surface area contributed by atoms with Crippen LogP contribution in [0.5, 0.6) is 5.75 Å². The molecular formula is C19H16O5. The second kappa shape index (κ2) is 6.58. The molecule has 0 atom stereocenters. The van der Waals surface area contributed by atoms with E-state index in [1.54, 1.807) is 13.0 Å². The molecule has 1 aliphatic carbocycles. The van der Waals surface area contributed by atoms with Crippen molar-refractivity contribution in [1.29, 1.82) is 0 Å². The molecule has 0 amide bonds. The van der Waals surface area contributed by atoms with Crippen molar-refractivity contribution in [3.63, 3.8) is 0 Å². The molecule has 3 rings (SSSR count). The second-order valence-corrected chi connectivity index (χ2v) is 5.47. The van der Waals surface area contributed by atoms with Gasteiger partial charge in [0, 0.05) is 12.0 Å². The number of hydrogen-bond acceptors (Lipinski definition) is 4. The van der Waals surface area contributed by atoms with Crippen molar-refractivity contribution in [2.45, 2.75) is 20.0 Å². The Labute approximate surface area is 138 Å². The maximum absolute atomic E-state index is 11.2. The van der Waals surface area contributed by atoms with Crippen molar-refractivity contribution in [3.8, 4) is 5.75 Å². The van der Waals surface area contributed by atoms with Crippen LogP contribution in [0.3, 0.4) is 0 Å². The van der Waals surface area contributed by atoms with Crippen molar-refractivity contribution in [1.82, 2.24) is 0 Å². The minimum atomic E-state index is -1.10. The number of rotatable bonds is 5. The Kier molecular flexibility index (Phi) is 4.33. The van der Waals surface area contributed by atoms with Gasteiger partial charge in [-0.05, 0) is 42.3 Å². The molecule has 1 aromatic carbocycles. The molecule has 0 aliphatic heterocycles. The third-order valence-corrected chi connectivity index (χ3v) is 3.79. The highest BCUT2D eigenvalue weighted by Gasteiger charge is 2.13. The van der Waals surface area contributed by atoms with E-state index in [9.17, 15) is 9.59 Å². The Morgan fingerprint density at radius 1 is 1.25 bits per heavy atom. The lowest BCUT2D eigenvalue weighted by atomic mass is 9.99. The number of carbonyl (C=O) groups is 2. The van der Waals surface area contributed by atoms with Gasteiger partial charge in [0.25, 0.3) is 0 Å². The smallest absolute Gasteiger partial charge is 0.371 e. The van der Waals surface area contributed by atoms with Crippen LogP contribution < -0.4 is 4.74 Å². The molecule has 0 saturated heterocycles. The molecule has 0 unspecified atom stereocenters. The second-order valence-electron chi connectivity index (χ2n) is 5.47. The first-order valence-corrected chi connectivity index (χ1v) is 7.50. The number of ether oxygens (including phenoxy) is 1. The average Bonchev–Trinajstić information content (AvgIpc) is 2.95.